The van der Waals surface area contributed by atoms with Crippen molar-refractivity contribution in [2.24, 2.45) is 0 Å². The molecule has 3 N–H and O–H groups in total. The summed E-state index contributed by atoms with van der Waals surface area (Å²) in [5.41, 5.74) is 1.41. The molecule has 2 aliphatic heterocycles. The highest BCUT2D eigenvalue weighted by Gasteiger charge is 2.47. The minimum atomic E-state index is -0.606. The van der Waals surface area contributed by atoms with E-state index < -0.39 is 12.5 Å². The lowest BCUT2D eigenvalue weighted by molar-refractivity contribution is 0.0767. The number of alkyl halides is 1. The van der Waals surface area contributed by atoms with Crippen molar-refractivity contribution in [1.82, 2.24) is 25.7 Å². The summed E-state index contributed by atoms with van der Waals surface area (Å²) in [6.07, 6.45) is 8.36. The fourth-order valence-electron chi connectivity index (χ4n) is 5.97. The second-order valence-electron chi connectivity index (χ2n) is 10.2. The van der Waals surface area contributed by atoms with Crippen molar-refractivity contribution in [2.45, 2.75) is 63.1 Å². The number of aromatic nitrogens is 4. The van der Waals surface area contributed by atoms with Gasteiger partial charge in [-0.1, -0.05) is 0 Å². The molecule has 1 unspecified atom stereocenters. The molecule has 5 rings (SSSR count). The fraction of sp³-hybridized carbons (Fsp3) is 0.480. The van der Waals surface area contributed by atoms with Crippen molar-refractivity contribution in [1.29, 1.82) is 0 Å². The summed E-state index contributed by atoms with van der Waals surface area (Å²) in [7, 11) is 0. The van der Waals surface area contributed by atoms with Crippen LogP contribution in [-0.4, -0.2) is 55.8 Å². The van der Waals surface area contributed by atoms with Gasteiger partial charge in [0.2, 0.25) is 0 Å². The second-order valence-corrected chi connectivity index (χ2v) is 10.2. The van der Waals surface area contributed by atoms with Crippen molar-refractivity contribution < 1.29 is 13.9 Å². The molecule has 2 bridgehead atoms. The van der Waals surface area contributed by atoms with Crippen molar-refractivity contribution in [3.8, 4) is 28.1 Å². The average molecular weight is 469 g/mol. The number of hydrogen-bond acceptors (Lipinski definition) is 6. The summed E-state index contributed by atoms with van der Waals surface area (Å²) in [5, 5.41) is 29.4. The summed E-state index contributed by atoms with van der Waals surface area (Å²) in [6.45, 7) is 4.23. The van der Waals surface area contributed by atoms with Gasteiger partial charge >= 0.3 is 0 Å². The number of rotatable bonds is 6. The number of H-pyrrole nitrogens is 1. The van der Waals surface area contributed by atoms with Gasteiger partial charge in [0, 0.05) is 35.4 Å². The Bertz CT molecular complexity index is 1110. The number of aromatic hydroxyl groups is 1. The number of benzene rings is 1. The number of phenolic OH excluding ortho intramolecular Hbond substituents is 1. The molecule has 0 aliphatic carbocycles. The van der Waals surface area contributed by atoms with E-state index in [4.69, 9.17) is 0 Å². The number of anilines is 1. The van der Waals surface area contributed by atoms with Crippen LogP contribution < -0.4 is 10.2 Å². The van der Waals surface area contributed by atoms with E-state index in [1.807, 2.05) is 4.90 Å². The van der Waals surface area contributed by atoms with E-state index in [1.165, 1.54) is 18.6 Å². The van der Waals surface area contributed by atoms with E-state index >= 15 is 0 Å². The summed E-state index contributed by atoms with van der Waals surface area (Å²) in [5.74, 6) is -0.273. The highest BCUT2D eigenvalue weighted by atomic mass is 19.1. The monoisotopic (exact) mass is 468 g/mol. The van der Waals surface area contributed by atoms with E-state index in [1.54, 1.807) is 24.5 Å². The van der Waals surface area contributed by atoms with Gasteiger partial charge in [-0.05, 0) is 75.8 Å². The van der Waals surface area contributed by atoms with Gasteiger partial charge in [0.15, 0.2) is 5.82 Å². The molecule has 180 valence electrons. The standard InChI is InChI=1S/C25H30F2N6O/c1-24-6-3-7-25(2,32-24)13-18(12-24)33(9-8-26)22-5-4-20(30-31-22)23-19(27)10-16(11-21(23)34)17-14-28-29-15-17/h4-5,10-11,14-15,18,32,34H,3,6-9,12-13H2,1-2H3,(H,28,29)/t18?,24-,25+. The van der Waals surface area contributed by atoms with Crippen LogP contribution in [0.5, 0.6) is 5.75 Å². The molecule has 4 heterocycles. The Morgan fingerprint density at radius 3 is 2.47 bits per heavy atom. The number of phenols is 1. The van der Waals surface area contributed by atoms with Crippen LogP contribution in [0.1, 0.15) is 46.0 Å². The van der Waals surface area contributed by atoms with E-state index in [9.17, 15) is 13.9 Å². The SMILES string of the molecule is C[C@]12CCC[C@](C)(CC(N(CCF)c3ccc(-c4c(O)cc(-c5cn[nH]c5)cc4F)nn3)C1)N2. The van der Waals surface area contributed by atoms with Gasteiger partial charge in [0.1, 0.15) is 18.2 Å². The number of halogens is 2. The first-order valence-electron chi connectivity index (χ1n) is 11.8. The lowest BCUT2D eigenvalue weighted by atomic mass is 9.69. The minimum absolute atomic E-state index is 0.0141. The van der Waals surface area contributed by atoms with E-state index in [2.05, 4.69) is 39.6 Å². The number of nitrogens with one attached hydrogen (secondary N) is 2. The molecule has 2 aliphatic rings. The van der Waals surface area contributed by atoms with Crippen molar-refractivity contribution in [2.75, 3.05) is 18.1 Å². The zero-order chi connectivity index (χ0) is 23.9. The molecule has 1 aromatic carbocycles. The third kappa shape index (κ3) is 4.24. The Kier molecular flexibility index (Phi) is 5.75. The topological polar surface area (TPSA) is 90.0 Å². The second kappa shape index (κ2) is 8.61. The first kappa shape index (κ1) is 22.7. The Balaban J connectivity index is 1.43. The van der Waals surface area contributed by atoms with E-state index in [-0.39, 0.29) is 40.7 Å². The van der Waals surface area contributed by atoms with Gasteiger partial charge in [-0.2, -0.15) is 5.10 Å². The molecule has 2 aromatic heterocycles. The van der Waals surface area contributed by atoms with Gasteiger partial charge in [-0.3, -0.25) is 5.10 Å². The van der Waals surface area contributed by atoms with Gasteiger partial charge in [0.05, 0.1) is 17.5 Å². The van der Waals surface area contributed by atoms with E-state index in [0.717, 1.165) is 25.7 Å². The molecule has 2 saturated heterocycles. The smallest absolute Gasteiger partial charge is 0.151 e. The maximum Gasteiger partial charge on any atom is 0.151 e. The quantitative estimate of drug-likeness (QED) is 0.490. The highest BCUT2D eigenvalue weighted by Crippen LogP contribution is 2.42. The highest BCUT2D eigenvalue weighted by molar-refractivity contribution is 5.74. The van der Waals surface area contributed by atoms with Crippen molar-refractivity contribution in [3.63, 3.8) is 0 Å². The van der Waals surface area contributed by atoms with Crippen LogP contribution in [0.25, 0.3) is 22.4 Å². The zero-order valence-electron chi connectivity index (χ0n) is 19.5. The number of piperidine rings is 2. The third-order valence-corrected chi connectivity index (χ3v) is 7.30. The van der Waals surface area contributed by atoms with Gasteiger partial charge < -0.3 is 15.3 Å². The predicted octanol–water partition coefficient (Wildman–Crippen LogP) is 4.61. The van der Waals surface area contributed by atoms with Crippen LogP contribution in [-0.2, 0) is 0 Å². The number of fused-ring (bicyclic) bond motifs is 2. The lowest BCUT2D eigenvalue weighted by Gasteiger charge is -2.55. The summed E-state index contributed by atoms with van der Waals surface area (Å²) in [4.78, 5) is 2.00. The first-order chi connectivity index (χ1) is 16.3. The molecular weight excluding hydrogens is 438 g/mol. The first-order valence-corrected chi connectivity index (χ1v) is 11.8. The van der Waals surface area contributed by atoms with Crippen molar-refractivity contribution >= 4 is 5.82 Å². The number of aromatic amines is 1. The molecule has 3 aromatic rings. The molecule has 34 heavy (non-hydrogen) atoms. The Morgan fingerprint density at radius 1 is 1.12 bits per heavy atom. The summed E-state index contributed by atoms with van der Waals surface area (Å²) >= 11 is 0. The maximum atomic E-state index is 15.0. The maximum absolute atomic E-state index is 15.0. The predicted molar refractivity (Wildman–Crippen MR) is 127 cm³/mol. The molecule has 0 amide bonds. The summed E-state index contributed by atoms with van der Waals surface area (Å²) < 4.78 is 28.5. The third-order valence-electron chi connectivity index (χ3n) is 7.30. The van der Waals surface area contributed by atoms with Crippen LogP contribution in [0.4, 0.5) is 14.6 Å². The summed E-state index contributed by atoms with van der Waals surface area (Å²) in [6, 6.07) is 6.31. The van der Waals surface area contributed by atoms with Gasteiger partial charge in [-0.15, -0.1) is 10.2 Å². The molecule has 0 radical (unpaired) electrons. The molecular formula is C25H30F2N6O. The van der Waals surface area contributed by atoms with Crippen LogP contribution in [0.15, 0.2) is 36.7 Å². The molecule has 7 nitrogen and oxygen atoms in total. The molecule has 2 fully saturated rings. The van der Waals surface area contributed by atoms with Gasteiger partial charge in [-0.25, -0.2) is 8.78 Å². The average Bonchev–Trinajstić information content (AvgIpc) is 3.31. The molecule has 0 spiro atoms. The fourth-order valence-corrected chi connectivity index (χ4v) is 5.97. The van der Waals surface area contributed by atoms with E-state index in [0.29, 0.717) is 16.9 Å². The van der Waals surface area contributed by atoms with Gasteiger partial charge in [0.25, 0.3) is 0 Å². The van der Waals surface area contributed by atoms with Crippen LogP contribution in [0.2, 0.25) is 0 Å². The largest absolute Gasteiger partial charge is 0.507 e. The Labute approximate surface area is 197 Å². The normalized spacial score (nSPS) is 26.4. The Hall–Kier alpha value is -3.07. The lowest BCUT2D eigenvalue weighted by Crippen LogP contribution is -2.67. The number of hydrogen-bond donors (Lipinski definition) is 3. The molecule has 9 heteroatoms. The van der Waals surface area contributed by atoms with Crippen LogP contribution in [0, 0.1) is 5.82 Å². The van der Waals surface area contributed by atoms with Crippen molar-refractivity contribution in [3.05, 3.63) is 42.5 Å². The zero-order valence-corrected chi connectivity index (χ0v) is 19.5. The molecule has 0 saturated carbocycles. The number of nitrogens with zero attached hydrogens (tertiary/aromatic N) is 4. The molecule has 3 atom stereocenters. The minimum Gasteiger partial charge on any atom is -0.507 e. The Morgan fingerprint density at radius 2 is 1.88 bits per heavy atom. The van der Waals surface area contributed by atoms with Crippen LogP contribution in [0.3, 0.4) is 0 Å². The van der Waals surface area contributed by atoms with Crippen LogP contribution >= 0.6 is 0 Å².